The van der Waals surface area contributed by atoms with Gasteiger partial charge in [-0.05, 0) is 72.3 Å². The third-order valence-corrected chi connectivity index (χ3v) is 4.78. The highest BCUT2D eigenvalue weighted by Gasteiger charge is 2.32. The zero-order chi connectivity index (χ0) is 21.3. The van der Waals surface area contributed by atoms with Crippen LogP contribution < -0.4 is 4.90 Å². The molecule has 3 aromatic carbocycles. The number of halogens is 1. The number of nitrogens with zero attached hydrogens (tertiary/aromatic N) is 2. The van der Waals surface area contributed by atoms with Crippen LogP contribution in [0.5, 0.6) is 5.75 Å². The summed E-state index contributed by atoms with van der Waals surface area (Å²) in [6, 6.07) is 19.4. The van der Waals surface area contributed by atoms with E-state index in [0.29, 0.717) is 27.7 Å². The molecule has 7 heteroatoms. The number of aromatic hydroxyl groups is 1. The summed E-state index contributed by atoms with van der Waals surface area (Å²) < 4.78 is 0. The summed E-state index contributed by atoms with van der Waals surface area (Å²) in [5, 5.41) is 19.2. The predicted molar refractivity (Wildman–Crippen MR) is 115 cm³/mol. The SMILES string of the molecule is O=C(O)c1ccc(/C=C2/N=C(c3ccc(Cl)cc3)N(c3ccc(O)cc3)C2=O)cc1. The Bertz CT molecular complexity index is 1180. The second-order valence-corrected chi connectivity index (χ2v) is 6.99. The second kappa shape index (κ2) is 7.85. The molecule has 1 aliphatic heterocycles. The Balaban J connectivity index is 1.78. The van der Waals surface area contributed by atoms with Crippen LogP contribution >= 0.6 is 11.6 Å². The zero-order valence-corrected chi connectivity index (χ0v) is 16.2. The van der Waals surface area contributed by atoms with Gasteiger partial charge in [-0.1, -0.05) is 23.7 Å². The highest BCUT2D eigenvalue weighted by Crippen LogP contribution is 2.29. The fourth-order valence-corrected chi connectivity index (χ4v) is 3.16. The Morgan fingerprint density at radius 3 is 2.17 bits per heavy atom. The number of aromatic carboxylic acids is 1. The van der Waals surface area contributed by atoms with Crippen LogP contribution in [-0.2, 0) is 4.79 Å². The second-order valence-electron chi connectivity index (χ2n) is 6.56. The number of rotatable bonds is 4. The molecule has 0 unspecified atom stereocenters. The van der Waals surface area contributed by atoms with E-state index in [0.717, 1.165) is 0 Å². The lowest BCUT2D eigenvalue weighted by Crippen LogP contribution is -2.32. The summed E-state index contributed by atoms with van der Waals surface area (Å²) in [4.78, 5) is 30.2. The van der Waals surface area contributed by atoms with Crippen molar-refractivity contribution in [2.75, 3.05) is 4.90 Å². The van der Waals surface area contributed by atoms with E-state index in [1.165, 1.54) is 29.2 Å². The zero-order valence-electron chi connectivity index (χ0n) is 15.5. The number of amides is 1. The minimum atomic E-state index is -1.02. The van der Waals surface area contributed by atoms with E-state index in [2.05, 4.69) is 4.99 Å². The van der Waals surface area contributed by atoms with Crippen LogP contribution in [0, 0.1) is 0 Å². The largest absolute Gasteiger partial charge is 0.508 e. The molecule has 0 aliphatic carbocycles. The van der Waals surface area contributed by atoms with Crippen molar-refractivity contribution in [1.29, 1.82) is 0 Å². The van der Waals surface area contributed by atoms with Gasteiger partial charge < -0.3 is 10.2 Å². The van der Waals surface area contributed by atoms with Crippen molar-refractivity contribution >= 4 is 41.1 Å². The maximum absolute atomic E-state index is 13.2. The molecule has 3 aromatic rings. The molecule has 1 aliphatic rings. The van der Waals surface area contributed by atoms with Gasteiger partial charge in [-0.2, -0.15) is 0 Å². The van der Waals surface area contributed by atoms with E-state index in [1.54, 1.807) is 54.6 Å². The molecule has 0 radical (unpaired) electrons. The van der Waals surface area contributed by atoms with Gasteiger partial charge in [-0.15, -0.1) is 0 Å². The number of carbonyl (C=O) groups excluding carboxylic acids is 1. The molecule has 2 N–H and O–H groups in total. The van der Waals surface area contributed by atoms with Crippen molar-refractivity contribution in [1.82, 2.24) is 0 Å². The predicted octanol–water partition coefficient (Wildman–Crippen LogP) is 4.58. The summed E-state index contributed by atoms with van der Waals surface area (Å²) in [7, 11) is 0. The Kier molecular flexibility index (Phi) is 5.08. The summed E-state index contributed by atoms with van der Waals surface area (Å²) in [5.41, 5.74) is 2.26. The average Bonchev–Trinajstić information content (AvgIpc) is 3.06. The van der Waals surface area contributed by atoms with Gasteiger partial charge in [0.05, 0.1) is 11.3 Å². The fourth-order valence-electron chi connectivity index (χ4n) is 3.03. The van der Waals surface area contributed by atoms with Gasteiger partial charge in [0.1, 0.15) is 17.3 Å². The number of carboxylic acid groups (broad SMARTS) is 1. The van der Waals surface area contributed by atoms with Crippen LogP contribution in [0.3, 0.4) is 0 Å². The topological polar surface area (TPSA) is 90.2 Å². The molecule has 6 nitrogen and oxygen atoms in total. The van der Waals surface area contributed by atoms with Gasteiger partial charge in [-0.25, -0.2) is 9.79 Å². The number of anilines is 1. The number of aliphatic imine (C=N–C) groups is 1. The Morgan fingerprint density at radius 2 is 1.57 bits per heavy atom. The van der Waals surface area contributed by atoms with E-state index in [4.69, 9.17) is 16.7 Å². The maximum atomic E-state index is 13.2. The molecule has 0 aromatic heterocycles. The van der Waals surface area contributed by atoms with Crippen LogP contribution in [0.25, 0.3) is 6.08 Å². The normalized spacial score (nSPS) is 14.8. The number of carboxylic acids is 1. The van der Waals surface area contributed by atoms with Crippen LogP contribution in [0.4, 0.5) is 5.69 Å². The van der Waals surface area contributed by atoms with Crippen LogP contribution in [0.2, 0.25) is 5.02 Å². The quantitative estimate of drug-likeness (QED) is 0.607. The smallest absolute Gasteiger partial charge is 0.335 e. The van der Waals surface area contributed by atoms with E-state index in [-0.39, 0.29) is 22.9 Å². The number of benzene rings is 3. The van der Waals surface area contributed by atoms with E-state index in [9.17, 15) is 14.7 Å². The summed E-state index contributed by atoms with van der Waals surface area (Å²) in [6.07, 6.45) is 1.60. The lowest BCUT2D eigenvalue weighted by Gasteiger charge is -2.18. The van der Waals surface area contributed by atoms with E-state index >= 15 is 0 Å². The van der Waals surface area contributed by atoms with E-state index < -0.39 is 5.97 Å². The third kappa shape index (κ3) is 3.81. The van der Waals surface area contributed by atoms with Crippen molar-refractivity contribution in [3.05, 3.63) is 100 Å². The number of hydrogen-bond acceptors (Lipinski definition) is 4. The Labute approximate surface area is 177 Å². The summed E-state index contributed by atoms with van der Waals surface area (Å²) in [5.74, 6) is -0.846. The fraction of sp³-hybridized carbons (Fsp3) is 0. The number of phenolic OH excluding ortho intramolecular Hbond substituents is 1. The molecular formula is C23H15ClN2O4. The van der Waals surface area contributed by atoms with Gasteiger partial charge in [-0.3, -0.25) is 9.69 Å². The molecule has 0 saturated heterocycles. The van der Waals surface area contributed by atoms with Crippen molar-refractivity contribution in [3.63, 3.8) is 0 Å². The third-order valence-electron chi connectivity index (χ3n) is 4.53. The minimum Gasteiger partial charge on any atom is -0.508 e. The summed E-state index contributed by atoms with van der Waals surface area (Å²) in [6.45, 7) is 0. The molecule has 30 heavy (non-hydrogen) atoms. The van der Waals surface area contributed by atoms with Crippen molar-refractivity contribution < 1.29 is 19.8 Å². The molecule has 0 spiro atoms. The van der Waals surface area contributed by atoms with Crippen LogP contribution in [0.1, 0.15) is 21.5 Å². The molecule has 0 fully saturated rings. The molecule has 0 atom stereocenters. The highest BCUT2D eigenvalue weighted by molar-refractivity contribution is 6.34. The number of amidine groups is 1. The standard InChI is InChI=1S/C23H15ClN2O4/c24-17-7-5-15(6-8-17)21-25-20(13-14-1-3-16(4-2-14)23(29)30)22(28)26(21)18-9-11-19(27)12-10-18/h1-13,27H,(H,29,30)/b20-13+. The van der Waals surface area contributed by atoms with Gasteiger partial charge in [0, 0.05) is 10.6 Å². The van der Waals surface area contributed by atoms with Crippen LogP contribution in [0.15, 0.2) is 83.5 Å². The molecule has 4 rings (SSSR count). The first kappa shape index (κ1) is 19.4. The van der Waals surface area contributed by atoms with Crippen molar-refractivity contribution in [3.8, 4) is 5.75 Å². The first-order valence-corrected chi connectivity index (χ1v) is 9.33. The number of phenols is 1. The molecule has 0 bridgehead atoms. The van der Waals surface area contributed by atoms with Gasteiger partial charge in [0.15, 0.2) is 0 Å². The summed E-state index contributed by atoms with van der Waals surface area (Å²) >= 11 is 5.99. The maximum Gasteiger partial charge on any atom is 0.335 e. The average molecular weight is 419 g/mol. The lowest BCUT2D eigenvalue weighted by atomic mass is 10.1. The van der Waals surface area contributed by atoms with Crippen molar-refractivity contribution in [2.24, 2.45) is 4.99 Å². The molecular weight excluding hydrogens is 404 g/mol. The molecule has 1 amide bonds. The van der Waals surface area contributed by atoms with E-state index in [1.807, 2.05) is 0 Å². The molecule has 0 saturated carbocycles. The lowest BCUT2D eigenvalue weighted by molar-refractivity contribution is -0.113. The monoisotopic (exact) mass is 418 g/mol. The van der Waals surface area contributed by atoms with Crippen molar-refractivity contribution in [2.45, 2.75) is 0 Å². The first-order valence-electron chi connectivity index (χ1n) is 8.95. The Hall–Kier alpha value is -3.90. The number of hydrogen-bond donors (Lipinski definition) is 2. The molecule has 1 heterocycles. The van der Waals surface area contributed by atoms with Crippen LogP contribution in [-0.4, -0.2) is 27.9 Å². The first-order chi connectivity index (χ1) is 14.4. The highest BCUT2D eigenvalue weighted by atomic mass is 35.5. The van der Waals surface area contributed by atoms with Gasteiger partial charge in [0.25, 0.3) is 5.91 Å². The van der Waals surface area contributed by atoms with Gasteiger partial charge >= 0.3 is 5.97 Å². The number of carbonyl (C=O) groups is 2. The minimum absolute atomic E-state index is 0.0877. The molecule has 148 valence electrons. The van der Waals surface area contributed by atoms with Gasteiger partial charge in [0.2, 0.25) is 0 Å². The Morgan fingerprint density at radius 1 is 0.933 bits per heavy atom.